The third-order valence-electron chi connectivity index (χ3n) is 4.49. The third kappa shape index (κ3) is 3.45. The van der Waals surface area contributed by atoms with Crippen LogP contribution in [0.3, 0.4) is 0 Å². The third-order valence-corrected chi connectivity index (χ3v) is 4.49. The zero-order valence-electron chi connectivity index (χ0n) is 11.6. The van der Waals surface area contributed by atoms with Crippen molar-refractivity contribution in [2.75, 3.05) is 26.3 Å². The second-order valence-corrected chi connectivity index (χ2v) is 6.13. The van der Waals surface area contributed by atoms with Crippen molar-refractivity contribution >= 4 is 5.91 Å². The van der Waals surface area contributed by atoms with Crippen LogP contribution in [0.2, 0.25) is 0 Å². The van der Waals surface area contributed by atoms with Gasteiger partial charge in [-0.15, -0.1) is 0 Å². The van der Waals surface area contributed by atoms with Gasteiger partial charge >= 0.3 is 0 Å². The Bertz CT molecular complexity index is 288. The highest BCUT2D eigenvalue weighted by Crippen LogP contribution is 2.29. The Kier molecular flexibility index (Phi) is 4.62. The molecule has 2 unspecified atom stereocenters. The molecule has 0 spiro atoms. The summed E-state index contributed by atoms with van der Waals surface area (Å²) in [5.74, 6) is 0.365. The number of rotatable bonds is 3. The predicted octanol–water partition coefficient (Wildman–Crippen LogP) is 1.31. The van der Waals surface area contributed by atoms with Crippen molar-refractivity contribution < 1.29 is 9.53 Å². The van der Waals surface area contributed by atoms with E-state index in [9.17, 15) is 4.79 Å². The molecular formula is C14H26N2O2. The lowest BCUT2D eigenvalue weighted by Gasteiger charge is -2.35. The average Bonchev–Trinajstić information content (AvgIpc) is 2.38. The first-order valence-corrected chi connectivity index (χ1v) is 7.20. The lowest BCUT2D eigenvalue weighted by Crippen LogP contribution is -2.49. The predicted molar refractivity (Wildman–Crippen MR) is 71.4 cm³/mol. The lowest BCUT2D eigenvalue weighted by molar-refractivity contribution is -0.127. The SMILES string of the molecule is CC1NCCCC1C(=O)NCC1(C)CCOCC1. The molecule has 4 heteroatoms. The van der Waals surface area contributed by atoms with Gasteiger partial charge in [-0.05, 0) is 44.6 Å². The number of piperidine rings is 1. The standard InChI is InChI=1S/C14H26N2O2/c1-11-12(4-3-7-15-11)13(17)16-10-14(2)5-8-18-9-6-14/h11-12,15H,3-10H2,1-2H3,(H,16,17). The Morgan fingerprint density at radius 1 is 1.44 bits per heavy atom. The summed E-state index contributed by atoms with van der Waals surface area (Å²) in [6.07, 6.45) is 4.21. The molecule has 18 heavy (non-hydrogen) atoms. The van der Waals surface area contributed by atoms with Gasteiger partial charge in [0.15, 0.2) is 0 Å². The topological polar surface area (TPSA) is 50.4 Å². The van der Waals surface area contributed by atoms with Crippen molar-refractivity contribution in [3.8, 4) is 0 Å². The number of carbonyl (C=O) groups is 1. The van der Waals surface area contributed by atoms with E-state index in [-0.39, 0.29) is 17.2 Å². The van der Waals surface area contributed by atoms with Crippen LogP contribution in [0.5, 0.6) is 0 Å². The highest BCUT2D eigenvalue weighted by molar-refractivity contribution is 5.79. The molecular weight excluding hydrogens is 228 g/mol. The smallest absolute Gasteiger partial charge is 0.224 e. The van der Waals surface area contributed by atoms with E-state index in [1.165, 1.54) is 0 Å². The molecule has 2 saturated heterocycles. The van der Waals surface area contributed by atoms with Crippen molar-refractivity contribution in [3.63, 3.8) is 0 Å². The first kappa shape index (κ1) is 13.8. The molecule has 2 aliphatic rings. The molecule has 2 rings (SSSR count). The Balaban J connectivity index is 1.80. The molecule has 0 aliphatic carbocycles. The minimum atomic E-state index is 0.141. The zero-order valence-corrected chi connectivity index (χ0v) is 11.6. The van der Waals surface area contributed by atoms with Crippen LogP contribution < -0.4 is 10.6 Å². The van der Waals surface area contributed by atoms with E-state index in [1.54, 1.807) is 0 Å². The van der Waals surface area contributed by atoms with Gasteiger partial charge in [-0.25, -0.2) is 0 Å². The van der Waals surface area contributed by atoms with Crippen molar-refractivity contribution in [1.82, 2.24) is 10.6 Å². The van der Waals surface area contributed by atoms with Gasteiger partial charge in [0.05, 0.1) is 5.92 Å². The fourth-order valence-electron chi connectivity index (χ4n) is 2.87. The van der Waals surface area contributed by atoms with Gasteiger partial charge < -0.3 is 15.4 Å². The first-order chi connectivity index (χ1) is 8.61. The maximum Gasteiger partial charge on any atom is 0.224 e. The van der Waals surface area contributed by atoms with Crippen LogP contribution in [0.25, 0.3) is 0 Å². The Morgan fingerprint density at radius 2 is 2.17 bits per heavy atom. The Labute approximate surface area is 110 Å². The van der Waals surface area contributed by atoms with Crippen LogP contribution in [0.1, 0.15) is 39.5 Å². The lowest BCUT2D eigenvalue weighted by atomic mass is 9.82. The van der Waals surface area contributed by atoms with Crippen molar-refractivity contribution in [1.29, 1.82) is 0 Å². The summed E-state index contributed by atoms with van der Waals surface area (Å²) in [6, 6.07) is 0.307. The highest BCUT2D eigenvalue weighted by Gasteiger charge is 2.31. The summed E-state index contributed by atoms with van der Waals surface area (Å²) < 4.78 is 5.38. The van der Waals surface area contributed by atoms with Gasteiger partial charge in [-0.3, -0.25) is 4.79 Å². The van der Waals surface area contributed by atoms with Crippen molar-refractivity contribution in [2.24, 2.45) is 11.3 Å². The summed E-state index contributed by atoms with van der Waals surface area (Å²) in [5, 5.41) is 6.54. The minimum Gasteiger partial charge on any atom is -0.381 e. The molecule has 4 nitrogen and oxygen atoms in total. The molecule has 2 heterocycles. The van der Waals surface area contributed by atoms with Crippen molar-refractivity contribution in [3.05, 3.63) is 0 Å². The maximum absolute atomic E-state index is 12.2. The van der Waals surface area contributed by atoms with E-state index in [2.05, 4.69) is 24.5 Å². The molecule has 0 radical (unpaired) electrons. The van der Waals surface area contributed by atoms with E-state index < -0.39 is 0 Å². The van der Waals surface area contributed by atoms with E-state index in [0.717, 1.165) is 52.0 Å². The molecule has 0 saturated carbocycles. The molecule has 0 aromatic carbocycles. The van der Waals surface area contributed by atoms with E-state index in [1.807, 2.05) is 0 Å². The quantitative estimate of drug-likeness (QED) is 0.798. The van der Waals surface area contributed by atoms with Crippen LogP contribution in [0.4, 0.5) is 0 Å². The number of hydrogen-bond acceptors (Lipinski definition) is 3. The molecule has 104 valence electrons. The molecule has 0 bridgehead atoms. The molecule has 1 amide bonds. The first-order valence-electron chi connectivity index (χ1n) is 7.20. The molecule has 2 N–H and O–H groups in total. The van der Waals surface area contributed by atoms with Gasteiger partial charge in [0.2, 0.25) is 5.91 Å². The Morgan fingerprint density at radius 3 is 2.83 bits per heavy atom. The summed E-state index contributed by atoms with van der Waals surface area (Å²) in [6.45, 7) is 7.85. The number of carbonyl (C=O) groups excluding carboxylic acids is 1. The highest BCUT2D eigenvalue weighted by atomic mass is 16.5. The largest absolute Gasteiger partial charge is 0.381 e. The van der Waals surface area contributed by atoms with Gasteiger partial charge in [-0.2, -0.15) is 0 Å². The number of hydrogen-bond donors (Lipinski definition) is 2. The average molecular weight is 254 g/mol. The van der Waals surface area contributed by atoms with E-state index in [0.29, 0.717) is 6.04 Å². The van der Waals surface area contributed by atoms with E-state index >= 15 is 0 Å². The van der Waals surface area contributed by atoms with Crippen LogP contribution in [0, 0.1) is 11.3 Å². The number of ether oxygens (including phenoxy) is 1. The summed E-state index contributed by atoms with van der Waals surface area (Å²) in [4.78, 5) is 12.2. The molecule has 0 aromatic rings. The minimum absolute atomic E-state index is 0.141. The summed E-state index contributed by atoms with van der Waals surface area (Å²) in [7, 11) is 0. The summed E-state index contributed by atoms with van der Waals surface area (Å²) >= 11 is 0. The Hall–Kier alpha value is -0.610. The van der Waals surface area contributed by atoms with Gasteiger partial charge in [0.25, 0.3) is 0 Å². The van der Waals surface area contributed by atoms with Gasteiger partial charge in [-0.1, -0.05) is 6.92 Å². The second-order valence-electron chi connectivity index (χ2n) is 6.13. The summed E-state index contributed by atoms with van der Waals surface area (Å²) in [5.41, 5.74) is 0.221. The van der Waals surface area contributed by atoms with Gasteiger partial charge in [0, 0.05) is 25.8 Å². The zero-order chi connectivity index (χ0) is 13.0. The maximum atomic E-state index is 12.2. The fourth-order valence-corrected chi connectivity index (χ4v) is 2.87. The van der Waals surface area contributed by atoms with Crippen LogP contribution in [-0.4, -0.2) is 38.3 Å². The normalized spacial score (nSPS) is 31.9. The number of amides is 1. The fraction of sp³-hybridized carbons (Fsp3) is 0.929. The molecule has 2 atom stereocenters. The van der Waals surface area contributed by atoms with Crippen molar-refractivity contribution in [2.45, 2.75) is 45.6 Å². The monoisotopic (exact) mass is 254 g/mol. The second kappa shape index (κ2) is 6.02. The van der Waals surface area contributed by atoms with E-state index in [4.69, 9.17) is 4.74 Å². The molecule has 2 fully saturated rings. The van der Waals surface area contributed by atoms with Crippen LogP contribution in [-0.2, 0) is 9.53 Å². The number of nitrogens with one attached hydrogen (secondary N) is 2. The molecule has 0 aromatic heterocycles. The molecule has 2 aliphatic heterocycles. The van der Waals surface area contributed by atoms with Gasteiger partial charge in [0.1, 0.15) is 0 Å². The van der Waals surface area contributed by atoms with Crippen LogP contribution in [0.15, 0.2) is 0 Å². The van der Waals surface area contributed by atoms with Crippen LogP contribution >= 0.6 is 0 Å².